The van der Waals surface area contributed by atoms with E-state index in [-0.39, 0.29) is 11.5 Å². The Morgan fingerprint density at radius 1 is 0.868 bits per heavy atom. The van der Waals surface area contributed by atoms with E-state index in [0.717, 1.165) is 32.8 Å². The van der Waals surface area contributed by atoms with Gasteiger partial charge in [0.2, 0.25) is 0 Å². The molecule has 1 heterocycles. The summed E-state index contributed by atoms with van der Waals surface area (Å²) in [5.41, 5.74) is 3.79. The number of allylic oxidation sites excluding steroid dienone is 1. The molecule has 5 aromatic rings. The maximum absolute atomic E-state index is 13.8. The molecule has 0 spiro atoms. The van der Waals surface area contributed by atoms with Crippen LogP contribution in [0.15, 0.2) is 114 Å². The predicted octanol–water partition coefficient (Wildman–Crippen LogP) is 6.98. The Balaban J connectivity index is 1.79. The van der Waals surface area contributed by atoms with Crippen LogP contribution in [0.25, 0.3) is 21.7 Å². The van der Waals surface area contributed by atoms with Gasteiger partial charge < -0.3 is 4.74 Å². The second-order valence-electron chi connectivity index (χ2n) is 9.33. The standard InChI is InChI=1S/C32H29NO4S/c1-4-37-32(34)23(3)20-29(27-14-9-11-24-10-5-6-12-26(24)27)30-21-33(31-15-8-7-13-28(30)31)38(35,36)25-18-16-22(2)17-19-25/h5-21,29H,4H2,1-3H3/b23-20+. The average Bonchev–Trinajstić information content (AvgIpc) is 3.32. The molecule has 0 aliphatic rings. The highest BCUT2D eigenvalue weighted by atomic mass is 32.2. The van der Waals surface area contributed by atoms with Gasteiger partial charge in [-0.05, 0) is 60.9 Å². The molecule has 4 aromatic carbocycles. The number of rotatable bonds is 7. The van der Waals surface area contributed by atoms with Gasteiger partial charge >= 0.3 is 5.97 Å². The fourth-order valence-corrected chi connectivity index (χ4v) is 6.26. The van der Waals surface area contributed by atoms with E-state index in [2.05, 4.69) is 0 Å². The van der Waals surface area contributed by atoms with Gasteiger partial charge in [-0.15, -0.1) is 0 Å². The lowest BCUT2D eigenvalue weighted by molar-refractivity contribution is -0.138. The summed E-state index contributed by atoms with van der Waals surface area (Å²) >= 11 is 0. The number of esters is 1. The lowest BCUT2D eigenvalue weighted by Gasteiger charge is -2.17. The molecule has 0 aliphatic heterocycles. The van der Waals surface area contributed by atoms with Gasteiger partial charge in [0.15, 0.2) is 0 Å². The monoisotopic (exact) mass is 523 g/mol. The predicted molar refractivity (Wildman–Crippen MR) is 152 cm³/mol. The number of hydrogen-bond donors (Lipinski definition) is 0. The maximum Gasteiger partial charge on any atom is 0.333 e. The molecule has 5 nitrogen and oxygen atoms in total. The van der Waals surface area contributed by atoms with Crippen molar-refractivity contribution in [1.29, 1.82) is 0 Å². The number of benzene rings is 4. The molecule has 0 saturated heterocycles. The van der Waals surface area contributed by atoms with Crippen molar-refractivity contribution < 1.29 is 17.9 Å². The summed E-state index contributed by atoms with van der Waals surface area (Å²) in [5.74, 6) is -0.793. The Morgan fingerprint density at radius 2 is 1.53 bits per heavy atom. The van der Waals surface area contributed by atoms with Gasteiger partial charge in [0.1, 0.15) is 0 Å². The Bertz CT molecular complexity index is 1770. The SMILES string of the molecule is CCOC(=O)/C(C)=C/C(c1cccc2ccccc12)c1cn(S(=O)(=O)c2ccc(C)cc2)c2ccccc12. The van der Waals surface area contributed by atoms with E-state index >= 15 is 0 Å². The van der Waals surface area contributed by atoms with Crippen LogP contribution in [0.2, 0.25) is 0 Å². The summed E-state index contributed by atoms with van der Waals surface area (Å²) in [6.45, 7) is 5.71. The van der Waals surface area contributed by atoms with Gasteiger partial charge in [-0.2, -0.15) is 0 Å². The molecule has 0 fully saturated rings. The Morgan fingerprint density at radius 3 is 2.26 bits per heavy atom. The highest BCUT2D eigenvalue weighted by Gasteiger charge is 2.26. The van der Waals surface area contributed by atoms with Crippen LogP contribution in [0.1, 0.15) is 36.5 Å². The number of carbonyl (C=O) groups excluding carboxylic acids is 1. The molecule has 0 aliphatic carbocycles. The van der Waals surface area contributed by atoms with Crippen LogP contribution in [0.4, 0.5) is 0 Å². The first kappa shape index (κ1) is 25.5. The zero-order valence-electron chi connectivity index (χ0n) is 21.6. The normalized spacial score (nSPS) is 13.1. The van der Waals surface area contributed by atoms with Gasteiger partial charge in [0, 0.05) is 23.1 Å². The van der Waals surface area contributed by atoms with Crippen LogP contribution in [-0.2, 0) is 19.6 Å². The van der Waals surface area contributed by atoms with Crippen molar-refractivity contribution in [2.75, 3.05) is 6.61 Å². The Labute approximate surface area is 223 Å². The lowest BCUT2D eigenvalue weighted by atomic mass is 9.86. The number of aromatic nitrogens is 1. The minimum Gasteiger partial charge on any atom is -0.463 e. The van der Waals surface area contributed by atoms with Crippen LogP contribution in [-0.4, -0.2) is 25.0 Å². The summed E-state index contributed by atoms with van der Waals surface area (Å²) in [5, 5.41) is 2.90. The van der Waals surface area contributed by atoms with E-state index in [9.17, 15) is 13.2 Å². The summed E-state index contributed by atoms with van der Waals surface area (Å²) in [7, 11) is -3.87. The average molecular weight is 524 g/mol. The molecule has 1 aromatic heterocycles. The summed E-state index contributed by atoms with van der Waals surface area (Å²) in [6, 6.07) is 28.5. The lowest BCUT2D eigenvalue weighted by Crippen LogP contribution is -2.12. The van der Waals surface area contributed by atoms with Crippen molar-refractivity contribution in [3.05, 3.63) is 126 Å². The molecule has 38 heavy (non-hydrogen) atoms. The first-order chi connectivity index (χ1) is 18.3. The number of hydrogen-bond acceptors (Lipinski definition) is 4. The number of nitrogens with zero attached hydrogens (tertiary/aromatic N) is 1. The zero-order valence-corrected chi connectivity index (χ0v) is 22.4. The second kappa shape index (κ2) is 10.3. The van der Waals surface area contributed by atoms with Crippen LogP contribution in [0.3, 0.4) is 0 Å². The zero-order chi connectivity index (χ0) is 26.9. The van der Waals surface area contributed by atoms with Gasteiger partial charge in [-0.1, -0.05) is 84.4 Å². The number of para-hydroxylation sites is 1. The quantitative estimate of drug-likeness (QED) is 0.170. The number of carbonyl (C=O) groups is 1. The third kappa shape index (κ3) is 4.63. The van der Waals surface area contributed by atoms with Crippen molar-refractivity contribution in [3.63, 3.8) is 0 Å². The van der Waals surface area contributed by atoms with Gasteiger partial charge in [-0.25, -0.2) is 17.2 Å². The minimum absolute atomic E-state index is 0.218. The molecule has 0 radical (unpaired) electrons. The van der Waals surface area contributed by atoms with Crippen molar-refractivity contribution in [1.82, 2.24) is 3.97 Å². The minimum atomic E-state index is -3.87. The van der Waals surface area contributed by atoms with Gasteiger partial charge in [0.25, 0.3) is 10.0 Å². The molecule has 5 rings (SSSR count). The smallest absolute Gasteiger partial charge is 0.333 e. The van der Waals surface area contributed by atoms with Crippen molar-refractivity contribution >= 4 is 37.7 Å². The van der Waals surface area contributed by atoms with Crippen LogP contribution in [0.5, 0.6) is 0 Å². The number of fused-ring (bicyclic) bond motifs is 2. The molecule has 0 amide bonds. The summed E-state index contributed by atoms with van der Waals surface area (Å²) in [6.07, 6.45) is 3.58. The highest BCUT2D eigenvalue weighted by molar-refractivity contribution is 7.90. The van der Waals surface area contributed by atoms with Gasteiger partial charge in [0.05, 0.1) is 17.0 Å². The van der Waals surface area contributed by atoms with E-state index < -0.39 is 21.9 Å². The topological polar surface area (TPSA) is 65.4 Å². The first-order valence-electron chi connectivity index (χ1n) is 12.6. The molecule has 0 N–H and O–H groups in total. The molecular weight excluding hydrogens is 494 g/mol. The van der Waals surface area contributed by atoms with E-state index in [1.54, 1.807) is 44.3 Å². The molecule has 0 bridgehead atoms. The first-order valence-corrected chi connectivity index (χ1v) is 14.0. The van der Waals surface area contributed by atoms with Crippen molar-refractivity contribution in [2.24, 2.45) is 0 Å². The Kier molecular flexibility index (Phi) is 6.91. The van der Waals surface area contributed by atoms with Crippen molar-refractivity contribution in [3.8, 4) is 0 Å². The summed E-state index contributed by atoms with van der Waals surface area (Å²) < 4.78 is 34.3. The van der Waals surface area contributed by atoms with Crippen molar-refractivity contribution in [2.45, 2.75) is 31.6 Å². The fourth-order valence-electron chi connectivity index (χ4n) is 4.88. The fraction of sp³-hybridized carbons (Fsp3) is 0.156. The van der Waals surface area contributed by atoms with Gasteiger partial charge in [-0.3, -0.25) is 0 Å². The van der Waals surface area contributed by atoms with E-state index in [1.807, 2.05) is 79.7 Å². The third-order valence-electron chi connectivity index (χ3n) is 6.79. The Hall–Kier alpha value is -4.16. The maximum atomic E-state index is 13.8. The summed E-state index contributed by atoms with van der Waals surface area (Å²) in [4.78, 5) is 12.9. The number of aryl methyl sites for hydroxylation is 1. The molecule has 192 valence electrons. The number of ether oxygens (including phenoxy) is 1. The highest BCUT2D eigenvalue weighted by Crippen LogP contribution is 2.38. The van der Waals surface area contributed by atoms with E-state index in [4.69, 9.17) is 4.74 Å². The molecule has 6 heteroatoms. The second-order valence-corrected chi connectivity index (χ2v) is 11.1. The third-order valence-corrected chi connectivity index (χ3v) is 8.48. The largest absolute Gasteiger partial charge is 0.463 e. The van der Waals surface area contributed by atoms with Crippen LogP contribution < -0.4 is 0 Å². The van der Waals surface area contributed by atoms with Crippen LogP contribution in [0, 0.1) is 6.92 Å². The van der Waals surface area contributed by atoms with Crippen LogP contribution >= 0.6 is 0 Å². The van der Waals surface area contributed by atoms with E-state index in [1.165, 1.54) is 3.97 Å². The molecule has 1 unspecified atom stereocenters. The molecule has 0 saturated carbocycles. The molecular formula is C32H29NO4S. The molecule has 1 atom stereocenters. The van der Waals surface area contributed by atoms with E-state index in [0.29, 0.717) is 11.1 Å².